The number of benzene rings is 1. The number of fused-ring (bicyclic) bond motifs is 1. The predicted octanol–water partition coefficient (Wildman–Crippen LogP) is 2.20. The van der Waals surface area contributed by atoms with Crippen molar-refractivity contribution in [2.24, 2.45) is 5.92 Å². The summed E-state index contributed by atoms with van der Waals surface area (Å²) in [5.74, 6) is 0.763. The van der Waals surface area contributed by atoms with Crippen LogP contribution in [0.5, 0.6) is 0 Å². The molecule has 0 radical (unpaired) electrons. The Balaban J connectivity index is 1.46. The molecule has 2 aromatic rings. The maximum Gasteiger partial charge on any atom is 0.227 e. The summed E-state index contributed by atoms with van der Waals surface area (Å²) < 4.78 is 5.47. The first-order valence-electron chi connectivity index (χ1n) is 9.28. The van der Waals surface area contributed by atoms with E-state index in [-0.39, 0.29) is 5.91 Å². The first-order valence-corrected chi connectivity index (χ1v) is 9.28. The van der Waals surface area contributed by atoms with Gasteiger partial charge in [-0.3, -0.25) is 9.69 Å². The highest BCUT2D eigenvalue weighted by atomic mass is 16.5. The number of carbonyl (C=O) groups excluding carboxylic acids is 1. The molecule has 0 aliphatic carbocycles. The van der Waals surface area contributed by atoms with Crippen LogP contribution >= 0.6 is 0 Å². The van der Waals surface area contributed by atoms with Crippen LogP contribution in [0.4, 0.5) is 0 Å². The molecule has 2 aliphatic rings. The minimum atomic E-state index is 0.242. The van der Waals surface area contributed by atoms with Crippen LogP contribution in [0.15, 0.2) is 24.4 Å². The lowest BCUT2D eigenvalue weighted by molar-refractivity contribution is -0.129. The van der Waals surface area contributed by atoms with Crippen LogP contribution in [0.2, 0.25) is 0 Å². The summed E-state index contributed by atoms with van der Waals surface area (Å²) in [5, 5.41) is 1.20. The smallest absolute Gasteiger partial charge is 0.227 e. The Kier molecular flexibility index (Phi) is 4.52. The summed E-state index contributed by atoms with van der Waals surface area (Å²) in [7, 11) is 0. The van der Waals surface area contributed by atoms with Crippen molar-refractivity contribution in [3.63, 3.8) is 0 Å². The van der Waals surface area contributed by atoms with E-state index in [1.165, 1.54) is 10.9 Å². The van der Waals surface area contributed by atoms with Gasteiger partial charge in [-0.2, -0.15) is 0 Å². The van der Waals surface area contributed by atoms with E-state index in [1.807, 2.05) is 6.20 Å². The molecule has 2 fully saturated rings. The first-order chi connectivity index (χ1) is 12.1. The number of nitrogens with one attached hydrogen (secondary N) is 1. The second-order valence-corrected chi connectivity index (χ2v) is 7.48. The number of hydrogen-bond donors (Lipinski definition) is 1. The molecule has 2 aliphatic heterocycles. The monoisotopic (exact) mass is 341 g/mol. The molecule has 1 aromatic heterocycles. The van der Waals surface area contributed by atoms with E-state index in [0.717, 1.165) is 50.5 Å². The molecule has 1 N–H and O–H groups in total. The highest BCUT2D eigenvalue weighted by Gasteiger charge is 2.36. The van der Waals surface area contributed by atoms with Gasteiger partial charge in [0.25, 0.3) is 0 Å². The van der Waals surface area contributed by atoms with E-state index in [2.05, 4.69) is 46.8 Å². The van der Waals surface area contributed by atoms with Crippen molar-refractivity contribution in [3.05, 3.63) is 35.5 Å². The molecular formula is C20H27N3O2. The van der Waals surface area contributed by atoms with Crippen LogP contribution < -0.4 is 0 Å². The molecule has 4 rings (SSSR count). The van der Waals surface area contributed by atoms with Gasteiger partial charge in [-0.05, 0) is 30.0 Å². The van der Waals surface area contributed by atoms with Crippen LogP contribution in [-0.2, 0) is 16.0 Å². The first kappa shape index (κ1) is 16.6. The van der Waals surface area contributed by atoms with Crippen molar-refractivity contribution in [2.75, 3.05) is 39.4 Å². The number of hydrogen-bond acceptors (Lipinski definition) is 3. The molecule has 1 amide bonds. The van der Waals surface area contributed by atoms with E-state index < -0.39 is 0 Å². The van der Waals surface area contributed by atoms with Gasteiger partial charge in [0.2, 0.25) is 5.91 Å². The number of aromatic nitrogens is 1. The quantitative estimate of drug-likeness (QED) is 0.931. The number of morpholine rings is 1. The zero-order chi connectivity index (χ0) is 17.4. The summed E-state index contributed by atoms with van der Waals surface area (Å²) in [4.78, 5) is 20.8. The van der Waals surface area contributed by atoms with Gasteiger partial charge in [0.15, 0.2) is 0 Å². The highest BCUT2D eigenvalue weighted by Crippen LogP contribution is 2.26. The fourth-order valence-electron chi connectivity index (χ4n) is 4.40. The third kappa shape index (κ3) is 3.18. The summed E-state index contributed by atoms with van der Waals surface area (Å²) in [6.07, 6.45) is 2.47. The lowest BCUT2D eigenvalue weighted by atomic mass is 10.0. The van der Waals surface area contributed by atoms with Gasteiger partial charge in [-0.15, -0.1) is 0 Å². The summed E-state index contributed by atoms with van der Waals surface area (Å²) >= 11 is 0. The summed E-state index contributed by atoms with van der Waals surface area (Å²) in [6.45, 7) is 9.68. The number of aromatic amines is 1. The molecule has 0 bridgehead atoms. The maximum absolute atomic E-state index is 12.9. The van der Waals surface area contributed by atoms with Crippen molar-refractivity contribution in [1.29, 1.82) is 0 Å². The third-order valence-electron chi connectivity index (χ3n) is 5.78. The number of rotatable bonds is 3. The van der Waals surface area contributed by atoms with Crippen LogP contribution in [-0.4, -0.2) is 66.1 Å². The number of H-pyrrole nitrogens is 1. The van der Waals surface area contributed by atoms with E-state index >= 15 is 0 Å². The molecule has 134 valence electrons. The second-order valence-electron chi connectivity index (χ2n) is 7.48. The van der Waals surface area contributed by atoms with E-state index in [4.69, 9.17) is 4.74 Å². The average molecular weight is 341 g/mol. The SMILES string of the molecule is Cc1cccc2[nH]cc(CC(=O)N3C[C@@H](C)[C@H](N4CCOCC4)C3)c12. The Labute approximate surface area is 148 Å². The van der Waals surface area contributed by atoms with Crippen molar-refractivity contribution in [2.45, 2.75) is 26.3 Å². The van der Waals surface area contributed by atoms with E-state index in [1.54, 1.807) is 0 Å². The molecule has 5 nitrogen and oxygen atoms in total. The molecule has 5 heteroatoms. The molecule has 0 saturated carbocycles. The number of amides is 1. The molecule has 2 atom stereocenters. The van der Waals surface area contributed by atoms with E-state index in [9.17, 15) is 4.79 Å². The highest BCUT2D eigenvalue weighted by molar-refractivity contribution is 5.91. The van der Waals surface area contributed by atoms with Crippen LogP contribution in [0.1, 0.15) is 18.1 Å². The van der Waals surface area contributed by atoms with Crippen LogP contribution in [0.3, 0.4) is 0 Å². The minimum absolute atomic E-state index is 0.242. The molecule has 0 unspecified atom stereocenters. The topological polar surface area (TPSA) is 48.6 Å². The summed E-state index contributed by atoms with van der Waals surface area (Å²) in [6, 6.07) is 6.70. The number of nitrogens with zero attached hydrogens (tertiary/aromatic N) is 2. The molecule has 25 heavy (non-hydrogen) atoms. The van der Waals surface area contributed by atoms with Crippen molar-refractivity contribution < 1.29 is 9.53 Å². The van der Waals surface area contributed by atoms with Crippen molar-refractivity contribution >= 4 is 16.8 Å². The molecular weight excluding hydrogens is 314 g/mol. The Bertz CT molecular complexity index is 763. The third-order valence-corrected chi connectivity index (χ3v) is 5.78. The Morgan fingerprint density at radius 1 is 1.28 bits per heavy atom. The van der Waals surface area contributed by atoms with E-state index in [0.29, 0.717) is 18.4 Å². The van der Waals surface area contributed by atoms with Gasteiger partial charge in [0.1, 0.15) is 0 Å². The van der Waals surface area contributed by atoms with Gasteiger partial charge in [-0.25, -0.2) is 0 Å². The lowest BCUT2D eigenvalue weighted by Gasteiger charge is -2.34. The zero-order valence-corrected chi connectivity index (χ0v) is 15.1. The number of aryl methyl sites for hydroxylation is 1. The number of likely N-dealkylation sites (tertiary alicyclic amines) is 1. The molecule has 1 aromatic carbocycles. The fourth-order valence-corrected chi connectivity index (χ4v) is 4.40. The van der Waals surface area contributed by atoms with Crippen molar-refractivity contribution in [1.82, 2.24) is 14.8 Å². The average Bonchev–Trinajstić information content (AvgIpc) is 3.20. The van der Waals surface area contributed by atoms with Gasteiger partial charge < -0.3 is 14.6 Å². The van der Waals surface area contributed by atoms with Gasteiger partial charge in [-0.1, -0.05) is 19.1 Å². The standard InChI is InChI=1S/C20H27N3O2/c1-14-4-3-5-17-20(14)16(11-21-17)10-19(24)23-12-15(2)18(13-23)22-6-8-25-9-7-22/h3-5,11,15,18,21H,6-10,12-13H2,1-2H3/t15-,18-/m1/s1. The maximum atomic E-state index is 12.9. The second kappa shape index (κ2) is 6.81. The largest absolute Gasteiger partial charge is 0.379 e. The Morgan fingerprint density at radius 2 is 2.08 bits per heavy atom. The normalized spacial score (nSPS) is 25.0. The Morgan fingerprint density at radius 3 is 2.88 bits per heavy atom. The lowest BCUT2D eigenvalue weighted by Crippen LogP contribution is -2.47. The fraction of sp³-hybridized carbons (Fsp3) is 0.550. The van der Waals surface area contributed by atoms with Gasteiger partial charge >= 0.3 is 0 Å². The number of carbonyl (C=O) groups is 1. The molecule has 0 spiro atoms. The molecule has 3 heterocycles. The van der Waals surface area contributed by atoms with Gasteiger partial charge in [0.05, 0.1) is 19.6 Å². The Hall–Kier alpha value is -1.85. The van der Waals surface area contributed by atoms with Crippen molar-refractivity contribution in [3.8, 4) is 0 Å². The molecule has 2 saturated heterocycles. The minimum Gasteiger partial charge on any atom is -0.379 e. The van der Waals surface area contributed by atoms with Gasteiger partial charge in [0, 0.05) is 49.3 Å². The number of ether oxygens (including phenoxy) is 1. The van der Waals surface area contributed by atoms with Crippen LogP contribution in [0.25, 0.3) is 10.9 Å². The summed E-state index contributed by atoms with van der Waals surface area (Å²) in [5.41, 5.74) is 3.45. The van der Waals surface area contributed by atoms with Crippen LogP contribution in [0, 0.1) is 12.8 Å². The predicted molar refractivity (Wildman–Crippen MR) is 98.7 cm³/mol. The zero-order valence-electron chi connectivity index (χ0n) is 15.1.